The second-order valence-corrected chi connectivity index (χ2v) is 16.3. The molecule has 9 heteroatoms. The normalized spacial score (nSPS) is 14.0. The second-order valence-electron chi connectivity index (χ2n) is 12.4. The highest BCUT2D eigenvalue weighted by Crippen LogP contribution is 2.21. The number of carbonyl (C=O) groups excluding carboxylic acids is 3. The van der Waals surface area contributed by atoms with E-state index in [-0.39, 0.29) is 41.5 Å². The van der Waals surface area contributed by atoms with E-state index in [2.05, 4.69) is 68.6 Å². The van der Waals surface area contributed by atoms with Gasteiger partial charge in [0, 0.05) is 33.7 Å². The Bertz CT molecular complexity index is 685. The van der Waals surface area contributed by atoms with Gasteiger partial charge in [-0.3, -0.25) is 14.4 Å². The van der Waals surface area contributed by atoms with Gasteiger partial charge in [-0.1, -0.05) is 165 Å². The highest BCUT2D eigenvalue weighted by Gasteiger charge is 2.21. The Kier molecular flexibility index (Phi) is 32.3. The number of ether oxygens (including phenoxy) is 3. The van der Waals surface area contributed by atoms with Gasteiger partial charge < -0.3 is 14.2 Å². The Morgan fingerprint density at radius 1 is 0.444 bits per heavy atom. The van der Waals surface area contributed by atoms with Crippen LogP contribution in [0.25, 0.3) is 0 Å². The summed E-state index contributed by atoms with van der Waals surface area (Å²) in [6, 6.07) is 0. The molecule has 0 saturated heterocycles. The van der Waals surface area contributed by atoms with E-state index in [1.807, 2.05) is 0 Å². The molecule has 6 nitrogen and oxygen atoms in total. The van der Waals surface area contributed by atoms with Crippen molar-refractivity contribution in [1.82, 2.24) is 0 Å². The number of hydrogen-bond acceptors (Lipinski definition) is 6. The van der Waals surface area contributed by atoms with Crippen LogP contribution < -0.4 is 0 Å². The van der Waals surface area contributed by atoms with Crippen LogP contribution in [0.3, 0.4) is 0 Å². The lowest BCUT2D eigenvalue weighted by Gasteiger charge is -2.19. The molecule has 0 saturated carbocycles. The summed E-state index contributed by atoms with van der Waals surface area (Å²) in [5.74, 6) is -1.09. The Balaban J connectivity index is 4.65. The molecule has 0 radical (unpaired) electrons. The largest absolute Gasteiger partial charge is 0.465 e. The minimum Gasteiger partial charge on any atom is -0.465 e. The summed E-state index contributed by atoms with van der Waals surface area (Å²) in [7, 11) is 0. The van der Waals surface area contributed by atoms with Gasteiger partial charge in [0.2, 0.25) is 0 Å². The van der Waals surface area contributed by atoms with Crippen LogP contribution in [0.2, 0.25) is 0 Å². The van der Waals surface area contributed by atoms with Gasteiger partial charge in [-0.15, -0.1) is 0 Å². The molecule has 0 spiro atoms. The highest BCUT2D eigenvalue weighted by atomic mass is 79.9. The molecule has 0 aromatic carbocycles. The number of unbranched alkanes of at least 4 members (excludes halogenated alkanes) is 12. The Morgan fingerprint density at radius 3 is 1.13 bits per heavy atom. The first kappa shape index (κ1) is 44.9. The van der Waals surface area contributed by atoms with Crippen LogP contribution in [-0.2, 0) is 28.6 Å². The van der Waals surface area contributed by atoms with Crippen LogP contribution in [0.1, 0.15) is 181 Å². The molecular weight excluding hydrogens is 768 g/mol. The van der Waals surface area contributed by atoms with Crippen molar-refractivity contribution in [3.05, 3.63) is 0 Å². The van der Waals surface area contributed by atoms with Gasteiger partial charge >= 0.3 is 17.9 Å². The number of esters is 3. The number of halogens is 3. The fourth-order valence-electron chi connectivity index (χ4n) is 5.06. The molecule has 0 amide bonds. The van der Waals surface area contributed by atoms with Crippen LogP contribution in [0, 0.1) is 0 Å². The molecule has 0 heterocycles. The van der Waals surface area contributed by atoms with Crippen LogP contribution in [0.5, 0.6) is 0 Å². The molecule has 0 aromatic rings. The van der Waals surface area contributed by atoms with Crippen molar-refractivity contribution < 1.29 is 28.6 Å². The van der Waals surface area contributed by atoms with E-state index in [1.165, 1.54) is 77.0 Å². The molecule has 266 valence electrons. The third-order valence-electron chi connectivity index (χ3n) is 7.99. The van der Waals surface area contributed by atoms with Gasteiger partial charge in [0.15, 0.2) is 0 Å². The molecule has 45 heavy (non-hydrogen) atoms. The van der Waals surface area contributed by atoms with E-state index in [0.717, 1.165) is 44.9 Å². The lowest BCUT2D eigenvalue weighted by Crippen LogP contribution is -2.27. The summed E-state index contributed by atoms with van der Waals surface area (Å²) in [5, 5.41) is 0. The van der Waals surface area contributed by atoms with Crippen molar-refractivity contribution in [2.45, 2.75) is 202 Å². The van der Waals surface area contributed by atoms with Crippen LogP contribution in [-0.4, -0.2) is 45.3 Å². The zero-order chi connectivity index (χ0) is 33.5. The molecule has 0 aliphatic heterocycles. The maximum Gasteiger partial charge on any atom is 0.308 e. The predicted molar refractivity (Wildman–Crippen MR) is 198 cm³/mol. The lowest BCUT2D eigenvalue weighted by atomic mass is 10.1. The topological polar surface area (TPSA) is 78.9 Å². The fourth-order valence-corrected chi connectivity index (χ4v) is 6.72. The van der Waals surface area contributed by atoms with Crippen LogP contribution in [0.15, 0.2) is 0 Å². The molecular formula is C36H65Br3O6. The van der Waals surface area contributed by atoms with Crippen molar-refractivity contribution in [2.75, 3.05) is 6.61 Å². The van der Waals surface area contributed by atoms with Gasteiger partial charge in [0.1, 0.15) is 0 Å². The second kappa shape index (κ2) is 32.4. The smallest absolute Gasteiger partial charge is 0.308 e. The first-order valence-corrected chi connectivity index (χ1v) is 20.9. The predicted octanol–water partition coefficient (Wildman–Crippen LogP) is 12.0. The third kappa shape index (κ3) is 30.9. The van der Waals surface area contributed by atoms with E-state index >= 15 is 0 Å². The fraction of sp³-hybridized carbons (Fsp3) is 0.917. The molecule has 0 aromatic heterocycles. The minimum absolute atomic E-state index is 0.0334. The zero-order valence-electron chi connectivity index (χ0n) is 28.8. The summed E-state index contributed by atoms with van der Waals surface area (Å²) in [5.41, 5.74) is 0. The van der Waals surface area contributed by atoms with E-state index in [0.29, 0.717) is 24.1 Å². The van der Waals surface area contributed by atoms with Gasteiger partial charge in [0.25, 0.3) is 6.29 Å². The lowest BCUT2D eigenvalue weighted by molar-refractivity contribution is -0.191. The minimum atomic E-state index is -1.06. The average molecular weight is 834 g/mol. The molecule has 0 bridgehead atoms. The number of rotatable bonds is 32. The van der Waals surface area contributed by atoms with Crippen molar-refractivity contribution in [3.63, 3.8) is 0 Å². The summed E-state index contributed by atoms with van der Waals surface area (Å²) in [6.45, 7) is 6.66. The van der Waals surface area contributed by atoms with Crippen LogP contribution >= 0.6 is 47.8 Å². The highest BCUT2D eigenvalue weighted by molar-refractivity contribution is 9.10. The Hall–Kier alpha value is -0.150. The number of hydrogen-bond donors (Lipinski definition) is 0. The molecule has 3 unspecified atom stereocenters. The van der Waals surface area contributed by atoms with Gasteiger partial charge in [-0.2, -0.15) is 0 Å². The van der Waals surface area contributed by atoms with Gasteiger partial charge in [-0.05, 0) is 38.5 Å². The van der Waals surface area contributed by atoms with Crippen molar-refractivity contribution in [3.8, 4) is 0 Å². The Morgan fingerprint density at radius 2 is 0.778 bits per heavy atom. The Labute approximate surface area is 301 Å². The number of alkyl halides is 3. The van der Waals surface area contributed by atoms with E-state index in [9.17, 15) is 14.4 Å². The van der Waals surface area contributed by atoms with Crippen molar-refractivity contribution in [1.29, 1.82) is 0 Å². The first-order chi connectivity index (χ1) is 21.7. The maximum atomic E-state index is 12.7. The monoisotopic (exact) mass is 830 g/mol. The quantitative estimate of drug-likeness (QED) is 0.0291. The summed E-state index contributed by atoms with van der Waals surface area (Å²) < 4.78 is 16.6. The van der Waals surface area contributed by atoms with Crippen molar-refractivity contribution >= 4 is 65.7 Å². The zero-order valence-corrected chi connectivity index (χ0v) is 33.5. The van der Waals surface area contributed by atoms with E-state index in [4.69, 9.17) is 14.2 Å². The third-order valence-corrected chi connectivity index (χ3v) is 10.7. The van der Waals surface area contributed by atoms with Crippen molar-refractivity contribution in [2.24, 2.45) is 0 Å². The molecule has 0 fully saturated rings. The molecule has 0 aliphatic rings. The van der Waals surface area contributed by atoms with Gasteiger partial charge in [0.05, 0.1) is 13.0 Å². The molecule has 0 aliphatic carbocycles. The average Bonchev–Trinajstić information content (AvgIpc) is 3.01. The summed E-state index contributed by atoms with van der Waals surface area (Å²) >= 11 is 11.1. The summed E-state index contributed by atoms with van der Waals surface area (Å²) in [6.07, 6.45) is 23.3. The van der Waals surface area contributed by atoms with Crippen LogP contribution in [0.4, 0.5) is 0 Å². The molecule has 0 N–H and O–H groups in total. The standard InChI is InChI=1S/C36H65Br3O6/c1-4-7-10-13-16-19-30(37)22-25-33(40)43-29-28-36(44-34(41)26-23-31(38)20-17-14-11-8-5-2)45-35(42)27-24-32(39)21-18-15-12-9-6-3/h30-32,36H,4-29H2,1-3H3. The molecule has 0 rings (SSSR count). The van der Waals surface area contributed by atoms with E-state index in [1.54, 1.807) is 0 Å². The van der Waals surface area contributed by atoms with Gasteiger partial charge in [-0.25, -0.2) is 0 Å². The number of carbonyl (C=O) groups is 3. The SMILES string of the molecule is CCCCCCCC(Br)CCC(=O)OCCC(OC(=O)CCC(Br)CCCCCCC)OC(=O)CCC(Br)CCCCCCC. The molecule has 3 atom stereocenters. The summed E-state index contributed by atoms with van der Waals surface area (Å²) in [4.78, 5) is 38.5. The first-order valence-electron chi connectivity index (χ1n) is 18.2. The van der Waals surface area contributed by atoms with E-state index < -0.39 is 18.2 Å². The maximum absolute atomic E-state index is 12.7.